The number of aliphatic hydroxyl groups is 1. The van der Waals surface area contributed by atoms with Gasteiger partial charge in [0.15, 0.2) is 0 Å². The van der Waals surface area contributed by atoms with E-state index in [-0.39, 0.29) is 12.5 Å². The van der Waals surface area contributed by atoms with Crippen molar-refractivity contribution in [2.75, 3.05) is 13.2 Å². The Morgan fingerprint density at radius 2 is 1.92 bits per heavy atom. The Morgan fingerprint density at radius 3 is 2.54 bits per heavy atom. The normalized spacial score (nSPS) is 11.4. The molecule has 1 N–H and O–H groups in total. The van der Waals surface area contributed by atoms with Crippen molar-refractivity contribution >= 4 is 0 Å². The predicted octanol–water partition coefficient (Wildman–Crippen LogP) is 5.00. The minimum Gasteiger partial charge on any atom is -0.493 e. The highest BCUT2D eigenvalue weighted by Crippen LogP contribution is 2.31. The second-order valence-corrected chi connectivity index (χ2v) is 5.78. The van der Waals surface area contributed by atoms with Gasteiger partial charge in [0.1, 0.15) is 11.5 Å². The lowest BCUT2D eigenvalue weighted by Crippen LogP contribution is -2.05. The van der Waals surface area contributed by atoms with E-state index in [1.54, 1.807) is 12.1 Å². The van der Waals surface area contributed by atoms with Gasteiger partial charge in [-0.05, 0) is 37.0 Å². The highest BCUT2D eigenvalue weighted by Gasteiger charge is 2.30. The van der Waals surface area contributed by atoms with Crippen LogP contribution in [0.25, 0.3) is 0 Å². The van der Waals surface area contributed by atoms with Crippen molar-refractivity contribution in [2.24, 2.45) is 0 Å². The number of aryl methyl sites for hydroxylation is 1. The SMILES string of the molecule is CCCCOc1cc(Oc2ccc(C(F)(F)F)cn2)ccc1CCCO. The second-order valence-electron chi connectivity index (χ2n) is 5.78. The van der Waals surface area contributed by atoms with Crippen LogP contribution in [0.3, 0.4) is 0 Å². The number of hydrogen-bond donors (Lipinski definition) is 1. The van der Waals surface area contributed by atoms with E-state index >= 15 is 0 Å². The first kappa shape index (κ1) is 20.0. The van der Waals surface area contributed by atoms with Gasteiger partial charge < -0.3 is 14.6 Å². The lowest BCUT2D eigenvalue weighted by molar-refractivity contribution is -0.137. The number of unbranched alkanes of at least 4 members (excludes halogenated alkanes) is 1. The summed E-state index contributed by atoms with van der Waals surface area (Å²) in [6, 6.07) is 7.34. The summed E-state index contributed by atoms with van der Waals surface area (Å²) in [4.78, 5) is 3.70. The van der Waals surface area contributed by atoms with Gasteiger partial charge >= 0.3 is 6.18 Å². The molecule has 0 saturated carbocycles. The van der Waals surface area contributed by atoms with Crippen molar-refractivity contribution in [3.8, 4) is 17.4 Å². The lowest BCUT2D eigenvalue weighted by Gasteiger charge is -2.13. The number of halogens is 3. The molecule has 0 radical (unpaired) electrons. The van der Waals surface area contributed by atoms with Gasteiger partial charge in [-0.1, -0.05) is 19.4 Å². The number of rotatable bonds is 9. The zero-order chi connectivity index (χ0) is 19.0. The molecule has 7 heteroatoms. The summed E-state index contributed by atoms with van der Waals surface area (Å²) >= 11 is 0. The average Bonchev–Trinajstić information content (AvgIpc) is 2.61. The molecular formula is C19H22F3NO3. The van der Waals surface area contributed by atoms with E-state index in [0.29, 0.717) is 30.9 Å². The number of aromatic nitrogens is 1. The number of pyridine rings is 1. The first-order chi connectivity index (χ1) is 12.4. The third-order valence-electron chi connectivity index (χ3n) is 3.68. The number of aliphatic hydroxyl groups excluding tert-OH is 1. The predicted molar refractivity (Wildman–Crippen MR) is 91.6 cm³/mol. The Bertz CT molecular complexity index is 687. The van der Waals surface area contributed by atoms with Gasteiger partial charge in [0.2, 0.25) is 5.88 Å². The zero-order valence-electron chi connectivity index (χ0n) is 14.6. The van der Waals surface area contributed by atoms with Crippen LogP contribution in [0.2, 0.25) is 0 Å². The van der Waals surface area contributed by atoms with E-state index in [1.165, 1.54) is 6.07 Å². The lowest BCUT2D eigenvalue weighted by atomic mass is 10.1. The van der Waals surface area contributed by atoms with Crippen LogP contribution in [0.15, 0.2) is 36.5 Å². The van der Waals surface area contributed by atoms with Crippen molar-refractivity contribution in [1.82, 2.24) is 4.98 Å². The molecule has 0 aliphatic heterocycles. The zero-order valence-corrected chi connectivity index (χ0v) is 14.6. The van der Waals surface area contributed by atoms with Crippen molar-refractivity contribution in [1.29, 1.82) is 0 Å². The van der Waals surface area contributed by atoms with Gasteiger partial charge in [-0.2, -0.15) is 13.2 Å². The first-order valence-corrected chi connectivity index (χ1v) is 8.51. The van der Waals surface area contributed by atoms with Gasteiger partial charge in [-0.15, -0.1) is 0 Å². The highest BCUT2D eigenvalue weighted by atomic mass is 19.4. The molecule has 1 aromatic heterocycles. The molecule has 0 spiro atoms. The molecule has 0 amide bonds. The molecule has 0 aliphatic rings. The largest absolute Gasteiger partial charge is 0.493 e. The summed E-state index contributed by atoms with van der Waals surface area (Å²) < 4.78 is 49.1. The number of ether oxygens (including phenoxy) is 2. The van der Waals surface area contributed by atoms with E-state index in [4.69, 9.17) is 14.6 Å². The van der Waals surface area contributed by atoms with Crippen molar-refractivity contribution in [3.05, 3.63) is 47.7 Å². The van der Waals surface area contributed by atoms with Gasteiger partial charge in [0, 0.05) is 24.9 Å². The van der Waals surface area contributed by atoms with Crippen LogP contribution in [0.5, 0.6) is 17.4 Å². The van der Waals surface area contributed by atoms with Crippen molar-refractivity contribution in [3.63, 3.8) is 0 Å². The molecule has 2 aromatic rings. The van der Waals surface area contributed by atoms with Crippen LogP contribution in [-0.4, -0.2) is 23.3 Å². The number of hydrogen-bond acceptors (Lipinski definition) is 4. The maximum Gasteiger partial charge on any atom is 0.417 e. The minimum atomic E-state index is -4.43. The van der Waals surface area contributed by atoms with E-state index in [2.05, 4.69) is 11.9 Å². The topological polar surface area (TPSA) is 51.6 Å². The maximum atomic E-state index is 12.6. The molecule has 0 atom stereocenters. The first-order valence-electron chi connectivity index (χ1n) is 8.51. The Kier molecular flexibility index (Phi) is 7.26. The summed E-state index contributed by atoms with van der Waals surface area (Å²) in [6.45, 7) is 2.71. The smallest absolute Gasteiger partial charge is 0.417 e. The fourth-order valence-electron chi connectivity index (χ4n) is 2.26. The number of nitrogens with zero attached hydrogens (tertiary/aromatic N) is 1. The van der Waals surface area contributed by atoms with Crippen LogP contribution in [0, 0.1) is 0 Å². The molecule has 0 saturated heterocycles. The highest BCUT2D eigenvalue weighted by molar-refractivity contribution is 5.42. The molecule has 2 rings (SSSR count). The Morgan fingerprint density at radius 1 is 1.12 bits per heavy atom. The summed E-state index contributed by atoms with van der Waals surface area (Å²) in [6.07, 6.45) is -0.506. The van der Waals surface area contributed by atoms with Crippen LogP contribution < -0.4 is 9.47 Å². The molecule has 1 aromatic carbocycles. The third kappa shape index (κ3) is 5.91. The summed E-state index contributed by atoms with van der Waals surface area (Å²) in [5.74, 6) is 1.15. The molecule has 26 heavy (non-hydrogen) atoms. The molecule has 0 fully saturated rings. The summed E-state index contributed by atoms with van der Waals surface area (Å²) in [5, 5.41) is 9.01. The second kappa shape index (κ2) is 9.43. The Balaban J connectivity index is 2.14. The van der Waals surface area contributed by atoms with E-state index in [1.807, 2.05) is 6.07 Å². The fraction of sp³-hybridized carbons (Fsp3) is 0.421. The van der Waals surface area contributed by atoms with E-state index in [9.17, 15) is 13.2 Å². The summed E-state index contributed by atoms with van der Waals surface area (Å²) in [7, 11) is 0. The fourth-order valence-corrected chi connectivity index (χ4v) is 2.26. The van der Waals surface area contributed by atoms with Crippen molar-refractivity contribution < 1.29 is 27.8 Å². The van der Waals surface area contributed by atoms with Crippen LogP contribution >= 0.6 is 0 Å². The van der Waals surface area contributed by atoms with Gasteiger partial charge in [0.25, 0.3) is 0 Å². The van der Waals surface area contributed by atoms with E-state index in [0.717, 1.165) is 30.7 Å². The van der Waals surface area contributed by atoms with E-state index < -0.39 is 11.7 Å². The van der Waals surface area contributed by atoms with Gasteiger partial charge in [-0.3, -0.25) is 0 Å². The molecule has 1 heterocycles. The quantitative estimate of drug-likeness (QED) is 0.632. The third-order valence-corrected chi connectivity index (χ3v) is 3.68. The number of alkyl halides is 3. The van der Waals surface area contributed by atoms with Crippen molar-refractivity contribution in [2.45, 2.75) is 38.8 Å². The molecular weight excluding hydrogens is 347 g/mol. The monoisotopic (exact) mass is 369 g/mol. The molecule has 142 valence electrons. The Hall–Kier alpha value is -2.28. The maximum absolute atomic E-state index is 12.6. The van der Waals surface area contributed by atoms with Crippen LogP contribution in [-0.2, 0) is 12.6 Å². The summed E-state index contributed by atoms with van der Waals surface area (Å²) in [5.41, 5.74) is 0.121. The van der Waals surface area contributed by atoms with Gasteiger partial charge in [-0.25, -0.2) is 4.98 Å². The molecule has 0 unspecified atom stereocenters. The number of benzene rings is 1. The van der Waals surface area contributed by atoms with Gasteiger partial charge in [0.05, 0.1) is 12.2 Å². The average molecular weight is 369 g/mol. The van der Waals surface area contributed by atoms with Crippen LogP contribution in [0.1, 0.15) is 37.3 Å². The molecule has 4 nitrogen and oxygen atoms in total. The van der Waals surface area contributed by atoms with Crippen LogP contribution in [0.4, 0.5) is 13.2 Å². The Labute approximate surface area is 150 Å². The minimum absolute atomic E-state index is 0.0700. The molecule has 0 aliphatic carbocycles. The standard InChI is InChI=1S/C19H22F3NO3/c1-2-3-11-25-17-12-16(8-6-14(17)5-4-10-24)26-18-9-7-15(13-23-18)19(20,21)22/h6-9,12-13,24H,2-5,10-11H2,1H3. The molecule has 0 bridgehead atoms.